The second kappa shape index (κ2) is 6.84. The maximum Gasteiger partial charge on any atom is 0.315 e. The van der Waals surface area contributed by atoms with Crippen LogP contribution >= 0.6 is 0 Å². The molecule has 1 heterocycles. The molecule has 6 heteroatoms. The number of aromatic nitrogens is 2. The molecule has 0 bridgehead atoms. The number of hydrogen-bond acceptors (Lipinski definition) is 3. The predicted molar refractivity (Wildman–Crippen MR) is 59.7 cm³/mol. The summed E-state index contributed by atoms with van der Waals surface area (Å²) in [5.74, 6) is 0. The van der Waals surface area contributed by atoms with Gasteiger partial charge in [0.25, 0.3) is 0 Å². The van der Waals surface area contributed by atoms with Gasteiger partial charge in [-0.05, 0) is 18.9 Å². The Kier molecular flexibility index (Phi) is 5.35. The molecule has 2 amide bonds. The highest BCUT2D eigenvalue weighted by molar-refractivity contribution is 5.74. The number of aliphatic hydroxyl groups is 1. The first-order chi connectivity index (χ1) is 7.76. The minimum Gasteiger partial charge on any atom is -0.396 e. The molecule has 0 radical (unpaired) electrons. The van der Waals surface area contributed by atoms with Crippen molar-refractivity contribution in [3.05, 3.63) is 18.0 Å². The first-order valence-electron chi connectivity index (χ1n) is 5.39. The zero-order chi connectivity index (χ0) is 11.8. The van der Waals surface area contributed by atoms with Crippen LogP contribution in [0.5, 0.6) is 0 Å². The van der Waals surface area contributed by atoms with Crippen molar-refractivity contribution in [3.63, 3.8) is 0 Å². The lowest BCUT2D eigenvalue weighted by Gasteiger charge is -2.15. The molecule has 1 rings (SSSR count). The fraction of sp³-hybridized carbons (Fsp3) is 0.600. The average Bonchev–Trinajstić information content (AvgIpc) is 2.78. The van der Waals surface area contributed by atoms with E-state index in [2.05, 4.69) is 20.8 Å². The van der Waals surface area contributed by atoms with Gasteiger partial charge in [-0.1, -0.05) is 6.92 Å². The number of aromatic amines is 1. The highest BCUT2D eigenvalue weighted by Crippen LogP contribution is 1.96. The third kappa shape index (κ3) is 4.31. The van der Waals surface area contributed by atoms with E-state index in [1.54, 1.807) is 12.3 Å². The van der Waals surface area contributed by atoms with Crippen molar-refractivity contribution in [1.29, 1.82) is 0 Å². The standard InChI is InChI=1S/C10H18N4O2/c1-2-8(4-6-15)13-10(16)11-7-9-3-5-12-14-9/h3,5,8,15H,2,4,6-7H2,1H3,(H,12,14)(H2,11,13,16). The van der Waals surface area contributed by atoms with Crippen molar-refractivity contribution in [2.24, 2.45) is 0 Å². The Morgan fingerprint density at radius 3 is 3.06 bits per heavy atom. The molecule has 90 valence electrons. The summed E-state index contributed by atoms with van der Waals surface area (Å²) in [7, 11) is 0. The quantitative estimate of drug-likeness (QED) is 0.565. The minimum atomic E-state index is -0.227. The van der Waals surface area contributed by atoms with Crippen molar-refractivity contribution in [1.82, 2.24) is 20.8 Å². The number of nitrogens with one attached hydrogen (secondary N) is 3. The summed E-state index contributed by atoms with van der Waals surface area (Å²) < 4.78 is 0. The molecule has 0 aromatic carbocycles. The molecule has 0 aliphatic heterocycles. The van der Waals surface area contributed by atoms with E-state index in [4.69, 9.17) is 5.11 Å². The number of urea groups is 1. The van der Waals surface area contributed by atoms with Crippen LogP contribution in [0.2, 0.25) is 0 Å². The zero-order valence-corrected chi connectivity index (χ0v) is 9.36. The number of H-pyrrole nitrogens is 1. The van der Waals surface area contributed by atoms with Crippen LogP contribution in [0.4, 0.5) is 4.79 Å². The van der Waals surface area contributed by atoms with Crippen LogP contribution < -0.4 is 10.6 Å². The Morgan fingerprint density at radius 2 is 2.50 bits per heavy atom. The number of rotatable bonds is 6. The fourth-order valence-electron chi connectivity index (χ4n) is 1.33. The Balaban J connectivity index is 2.24. The molecule has 1 aromatic heterocycles. The minimum absolute atomic E-state index is 0.0202. The topological polar surface area (TPSA) is 90.0 Å². The molecule has 16 heavy (non-hydrogen) atoms. The highest BCUT2D eigenvalue weighted by atomic mass is 16.3. The Morgan fingerprint density at radius 1 is 1.69 bits per heavy atom. The van der Waals surface area contributed by atoms with Gasteiger partial charge in [-0.25, -0.2) is 4.79 Å². The van der Waals surface area contributed by atoms with Gasteiger partial charge in [0.15, 0.2) is 0 Å². The van der Waals surface area contributed by atoms with E-state index < -0.39 is 0 Å². The van der Waals surface area contributed by atoms with E-state index in [1.165, 1.54) is 0 Å². The highest BCUT2D eigenvalue weighted by Gasteiger charge is 2.09. The molecule has 1 unspecified atom stereocenters. The van der Waals surface area contributed by atoms with Gasteiger partial charge in [0.1, 0.15) is 0 Å². The zero-order valence-electron chi connectivity index (χ0n) is 9.36. The summed E-state index contributed by atoms with van der Waals surface area (Å²) in [6.45, 7) is 2.47. The Labute approximate surface area is 94.4 Å². The van der Waals surface area contributed by atoms with Crippen LogP contribution in [-0.2, 0) is 6.54 Å². The van der Waals surface area contributed by atoms with Gasteiger partial charge < -0.3 is 15.7 Å². The van der Waals surface area contributed by atoms with Gasteiger partial charge in [-0.15, -0.1) is 0 Å². The largest absolute Gasteiger partial charge is 0.396 e. The first kappa shape index (κ1) is 12.5. The van der Waals surface area contributed by atoms with Gasteiger partial charge in [0.2, 0.25) is 0 Å². The number of hydrogen-bond donors (Lipinski definition) is 4. The molecular weight excluding hydrogens is 208 g/mol. The third-order valence-corrected chi connectivity index (χ3v) is 2.30. The lowest BCUT2D eigenvalue weighted by atomic mass is 10.2. The molecule has 0 aliphatic carbocycles. The van der Waals surface area contributed by atoms with E-state index in [9.17, 15) is 4.79 Å². The number of amides is 2. The van der Waals surface area contributed by atoms with Crippen LogP contribution in [0.3, 0.4) is 0 Å². The monoisotopic (exact) mass is 226 g/mol. The van der Waals surface area contributed by atoms with Crippen LogP contribution in [0.1, 0.15) is 25.5 Å². The normalized spacial score (nSPS) is 12.1. The molecule has 6 nitrogen and oxygen atoms in total. The van der Waals surface area contributed by atoms with Gasteiger partial charge in [-0.2, -0.15) is 5.10 Å². The fourth-order valence-corrected chi connectivity index (χ4v) is 1.33. The predicted octanol–water partition coefficient (Wildman–Crippen LogP) is 0.370. The lowest BCUT2D eigenvalue weighted by Crippen LogP contribution is -2.41. The Hall–Kier alpha value is -1.56. The molecule has 4 N–H and O–H groups in total. The summed E-state index contributed by atoms with van der Waals surface area (Å²) >= 11 is 0. The lowest BCUT2D eigenvalue weighted by molar-refractivity contribution is 0.227. The molecule has 0 saturated carbocycles. The van der Waals surface area contributed by atoms with Crippen molar-refractivity contribution < 1.29 is 9.90 Å². The molecule has 1 aromatic rings. The third-order valence-electron chi connectivity index (χ3n) is 2.30. The summed E-state index contributed by atoms with van der Waals surface area (Å²) in [6, 6.07) is 1.59. The maximum atomic E-state index is 11.4. The van der Waals surface area contributed by atoms with E-state index in [-0.39, 0.29) is 18.7 Å². The van der Waals surface area contributed by atoms with Gasteiger partial charge >= 0.3 is 6.03 Å². The van der Waals surface area contributed by atoms with Gasteiger partial charge in [0.05, 0.1) is 12.2 Å². The number of carbonyl (C=O) groups excluding carboxylic acids is 1. The van der Waals surface area contributed by atoms with Crippen LogP contribution in [0.15, 0.2) is 12.3 Å². The molecule has 0 fully saturated rings. The van der Waals surface area contributed by atoms with Crippen molar-refractivity contribution in [3.8, 4) is 0 Å². The first-order valence-corrected chi connectivity index (χ1v) is 5.39. The molecular formula is C10H18N4O2. The maximum absolute atomic E-state index is 11.4. The number of aliphatic hydroxyl groups excluding tert-OH is 1. The van der Waals surface area contributed by atoms with Crippen LogP contribution in [0, 0.1) is 0 Å². The summed E-state index contributed by atoms with van der Waals surface area (Å²) in [5.41, 5.74) is 0.852. The van der Waals surface area contributed by atoms with E-state index in [1.807, 2.05) is 6.92 Å². The van der Waals surface area contributed by atoms with E-state index in [0.29, 0.717) is 13.0 Å². The van der Waals surface area contributed by atoms with Crippen LogP contribution in [0.25, 0.3) is 0 Å². The van der Waals surface area contributed by atoms with Gasteiger partial charge in [0, 0.05) is 18.8 Å². The summed E-state index contributed by atoms with van der Waals surface area (Å²) in [5, 5.41) is 20.8. The second-order valence-corrected chi connectivity index (χ2v) is 3.53. The van der Waals surface area contributed by atoms with Crippen LogP contribution in [-0.4, -0.2) is 34.0 Å². The number of nitrogens with zero attached hydrogens (tertiary/aromatic N) is 1. The molecule has 0 aliphatic rings. The van der Waals surface area contributed by atoms with E-state index >= 15 is 0 Å². The number of carbonyl (C=O) groups is 1. The SMILES string of the molecule is CCC(CCO)NC(=O)NCc1ccn[nH]1. The summed E-state index contributed by atoms with van der Waals surface area (Å²) in [6.07, 6.45) is 3.02. The van der Waals surface area contributed by atoms with Crippen molar-refractivity contribution in [2.75, 3.05) is 6.61 Å². The van der Waals surface area contributed by atoms with Crippen molar-refractivity contribution in [2.45, 2.75) is 32.4 Å². The van der Waals surface area contributed by atoms with Crippen molar-refractivity contribution >= 4 is 6.03 Å². The Bertz CT molecular complexity index is 300. The van der Waals surface area contributed by atoms with Gasteiger partial charge in [-0.3, -0.25) is 5.10 Å². The van der Waals surface area contributed by atoms with E-state index in [0.717, 1.165) is 12.1 Å². The average molecular weight is 226 g/mol. The second-order valence-electron chi connectivity index (χ2n) is 3.53. The summed E-state index contributed by atoms with van der Waals surface area (Å²) in [4.78, 5) is 11.4. The molecule has 0 saturated heterocycles. The molecule has 0 spiro atoms. The smallest absolute Gasteiger partial charge is 0.315 e. The molecule has 1 atom stereocenters.